The fraction of sp³-hybridized carbons (Fsp3) is 0.524. The van der Waals surface area contributed by atoms with E-state index in [1.807, 2.05) is 49.2 Å². The summed E-state index contributed by atoms with van der Waals surface area (Å²) in [5.41, 5.74) is 2.04. The van der Waals surface area contributed by atoms with Crippen molar-refractivity contribution in [3.8, 4) is 5.75 Å². The predicted octanol–water partition coefficient (Wildman–Crippen LogP) is 3.79. The Morgan fingerprint density at radius 2 is 2.07 bits per heavy atom. The maximum atomic E-state index is 14.0. The Morgan fingerprint density at radius 3 is 2.82 bits per heavy atom. The molecule has 2 aliphatic heterocycles. The maximum absolute atomic E-state index is 14.0. The van der Waals surface area contributed by atoms with E-state index in [0.29, 0.717) is 23.7 Å². The highest BCUT2D eigenvalue weighted by Gasteiger charge is 2.55. The van der Waals surface area contributed by atoms with Crippen LogP contribution in [0.15, 0.2) is 47.7 Å². The van der Waals surface area contributed by atoms with Gasteiger partial charge < -0.3 is 15.4 Å². The molecule has 4 rings (SSSR count). The number of allylic oxidation sites excluding steroid dienone is 1. The Morgan fingerprint density at radius 1 is 1.29 bits per heavy atom. The van der Waals surface area contributed by atoms with Gasteiger partial charge in [0.15, 0.2) is 0 Å². The summed E-state index contributed by atoms with van der Waals surface area (Å²) in [7, 11) is 1.84. The van der Waals surface area contributed by atoms with E-state index in [-0.39, 0.29) is 12.0 Å². The number of rotatable bonds is 4. The Balaban J connectivity index is 1.70. The zero-order chi connectivity index (χ0) is 19.9. The molecule has 3 aliphatic rings. The van der Waals surface area contributed by atoms with E-state index in [0.717, 1.165) is 25.1 Å². The third-order valence-corrected chi connectivity index (χ3v) is 6.04. The Hall–Kier alpha value is -1.99. The molecule has 28 heavy (non-hydrogen) atoms. The van der Waals surface area contributed by atoms with Crippen LogP contribution in [-0.2, 0) is 0 Å². The fourth-order valence-electron chi connectivity index (χ4n) is 4.86. The second kappa shape index (κ2) is 7.44. The van der Waals surface area contributed by atoms with Crippen molar-refractivity contribution in [2.75, 3.05) is 32.1 Å². The van der Waals surface area contributed by atoms with Crippen LogP contribution in [-0.4, -0.2) is 49.9 Å². The van der Waals surface area contributed by atoms with Crippen LogP contribution in [0.5, 0.6) is 5.75 Å². The molecule has 2 fully saturated rings. The Labute approximate surface area is 163 Å². The van der Waals surface area contributed by atoms with Gasteiger partial charge in [0.1, 0.15) is 5.75 Å². The number of ether oxygens (including phenoxy) is 1. The van der Waals surface area contributed by atoms with Crippen molar-refractivity contribution in [1.82, 2.24) is 10.2 Å². The standard InChI is InChI=1S/C21H26F3N3O/c1-3-28-19-7-5-4-6-17(19)26-13-10-14-15-12-25-9-8-18(15)27(2)20(14)16(11-13)21(22,23)24/h4-7,10-11,15-16,18,20,25-26H,3,8-9,12H2,1-2H3/t15-,16?,18?,20?/m0/s1. The van der Waals surface area contributed by atoms with E-state index in [4.69, 9.17) is 4.74 Å². The van der Waals surface area contributed by atoms with Gasteiger partial charge in [-0.25, -0.2) is 0 Å². The van der Waals surface area contributed by atoms with Gasteiger partial charge in [-0.2, -0.15) is 13.2 Å². The summed E-state index contributed by atoms with van der Waals surface area (Å²) in [4.78, 5) is 1.94. The number of nitrogens with zero attached hydrogens (tertiary/aromatic N) is 1. The van der Waals surface area contributed by atoms with Gasteiger partial charge in [0, 0.05) is 30.2 Å². The van der Waals surface area contributed by atoms with Crippen molar-refractivity contribution in [3.05, 3.63) is 47.7 Å². The van der Waals surface area contributed by atoms with Crippen molar-refractivity contribution in [2.45, 2.75) is 31.6 Å². The first-order chi connectivity index (χ1) is 13.4. The normalized spacial score (nSPS) is 30.2. The molecule has 1 aromatic carbocycles. The topological polar surface area (TPSA) is 36.5 Å². The van der Waals surface area contributed by atoms with Crippen molar-refractivity contribution in [1.29, 1.82) is 0 Å². The molecular formula is C21H26F3N3O. The molecule has 1 aromatic rings. The maximum Gasteiger partial charge on any atom is 0.397 e. The van der Waals surface area contributed by atoms with Crippen molar-refractivity contribution in [2.24, 2.45) is 11.8 Å². The van der Waals surface area contributed by atoms with E-state index in [1.54, 1.807) is 0 Å². The van der Waals surface area contributed by atoms with Crippen LogP contribution in [0.3, 0.4) is 0 Å². The van der Waals surface area contributed by atoms with Gasteiger partial charge in [0.05, 0.1) is 18.2 Å². The van der Waals surface area contributed by atoms with E-state index in [2.05, 4.69) is 10.6 Å². The number of likely N-dealkylation sites (tertiary alicyclic amines) is 1. The average Bonchev–Trinajstić information content (AvgIpc) is 2.95. The molecule has 2 saturated heterocycles. The second-order valence-corrected chi connectivity index (χ2v) is 7.66. The van der Waals surface area contributed by atoms with Crippen LogP contribution in [0.1, 0.15) is 13.3 Å². The largest absolute Gasteiger partial charge is 0.492 e. The summed E-state index contributed by atoms with van der Waals surface area (Å²) in [5.74, 6) is -0.776. The minimum absolute atomic E-state index is 0.112. The van der Waals surface area contributed by atoms with E-state index in [1.165, 1.54) is 6.08 Å². The van der Waals surface area contributed by atoms with Gasteiger partial charge in [-0.3, -0.25) is 4.90 Å². The second-order valence-electron chi connectivity index (χ2n) is 7.66. The van der Waals surface area contributed by atoms with Gasteiger partial charge in [0.2, 0.25) is 0 Å². The molecule has 0 amide bonds. The molecule has 1 aliphatic carbocycles. The first kappa shape index (κ1) is 19.3. The quantitative estimate of drug-likeness (QED) is 0.816. The average molecular weight is 393 g/mol. The van der Waals surface area contributed by atoms with Crippen molar-refractivity contribution < 1.29 is 17.9 Å². The number of nitrogens with one attached hydrogen (secondary N) is 2. The van der Waals surface area contributed by atoms with Gasteiger partial charge in [0.25, 0.3) is 0 Å². The minimum Gasteiger partial charge on any atom is -0.492 e. The molecule has 0 radical (unpaired) electrons. The molecule has 0 spiro atoms. The lowest BCUT2D eigenvalue weighted by Crippen LogP contribution is -2.46. The number of hydrogen-bond donors (Lipinski definition) is 2. The molecule has 2 heterocycles. The number of piperidine rings is 1. The summed E-state index contributed by atoms with van der Waals surface area (Å²) in [6.45, 7) is 3.95. The third kappa shape index (κ3) is 3.42. The number of likely N-dealkylation sites (N-methyl/N-ethyl adjacent to an activating group) is 1. The van der Waals surface area contributed by atoms with Crippen LogP contribution in [0, 0.1) is 11.8 Å². The number of fused-ring (bicyclic) bond motifs is 3. The van der Waals surface area contributed by atoms with Gasteiger partial charge in [-0.15, -0.1) is 0 Å². The highest BCUT2D eigenvalue weighted by atomic mass is 19.4. The van der Waals surface area contributed by atoms with Crippen molar-refractivity contribution >= 4 is 5.69 Å². The van der Waals surface area contributed by atoms with E-state index in [9.17, 15) is 13.2 Å². The molecule has 4 nitrogen and oxygen atoms in total. The molecule has 4 atom stereocenters. The first-order valence-electron chi connectivity index (χ1n) is 9.81. The number of alkyl halides is 3. The highest BCUT2D eigenvalue weighted by molar-refractivity contribution is 5.62. The molecule has 0 bridgehead atoms. The van der Waals surface area contributed by atoms with Crippen LogP contribution < -0.4 is 15.4 Å². The molecule has 0 saturated carbocycles. The SMILES string of the molecule is CCOc1ccccc1NC1=CC(C(F)(F)F)C2C(=C1)[C@@H]1CNCCC1N2C. The Kier molecular flexibility index (Phi) is 5.14. The molecule has 7 heteroatoms. The smallest absolute Gasteiger partial charge is 0.397 e. The van der Waals surface area contributed by atoms with Crippen LogP contribution in [0.4, 0.5) is 18.9 Å². The van der Waals surface area contributed by atoms with Crippen molar-refractivity contribution in [3.63, 3.8) is 0 Å². The Bertz CT molecular complexity index is 789. The lowest BCUT2D eigenvalue weighted by molar-refractivity contribution is -0.172. The summed E-state index contributed by atoms with van der Waals surface area (Å²) < 4.78 is 47.5. The number of hydrogen-bond acceptors (Lipinski definition) is 4. The van der Waals surface area contributed by atoms with Crippen LogP contribution >= 0.6 is 0 Å². The van der Waals surface area contributed by atoms with Gasteiger partial charge in [-0.05, 0) is 56.8 Å². The number of halogens is 3. The number of anilines is 1. The zero-order valence-electron chi connectivity index (χ0n) is 16.1. The molecule has 0 aromatic heterocycles. The predicted molar refractivity (Wildman–Crippen MR) is 103 cm³/mol. The summed E-state index contributed by atoms with van der Waals surface area (Å²) in [6, 6.07) is 6.87. The number of benzene rings is 1. The van der Waals surface area contributed by atoms with E-state index >= 15 is 0 Å². The molecule has 2 N–H and O–H groups in total. The third-order valence-electron chi connectivity index (χ3n) is 6.04. The molecule has 152 valence electrons. The van der Waals surface area contributed by atoms with Crippen LogP contribution in [0.25, 0.3) is 0 Å². The van der Waals surface area contributed by atoms with Gasteiger partial charge >= 0.3 is 6.18 Å². The van der Waals surface area contributed by atoms with Crippen LogP contribution in [0.2, 0.25) is 0 Å². The summed E-state index contributed by atoms with van der Waals surface area (Å²) in [6.07, 6.45) is -0.177. The number of para-hydroxylation sites is 2. The fourth-order valence-corrected chi connectivity index (χ4v) is 4.86. The molecular weight excluding hydrogens is 367 g/mol. The molecule has 3 unspecified atom stereocenters. The lowest BCUT2D eigenvalue weighted by atomic mass is 9.81. The zero-order valence-corrected chi connectivity index (χ0v) is 16.1. The summed E-state index contributed by atoms with van der Waals surface area (Å²) >= 11 is 0. The first-order valence-corrected chi connectivity index (χ1v) is 9.81. The summed E-state index contributed by atoms with van der Waals surface area (Å²) in [5, 5.41) is 6.53. The monoisotopic (exact) mass is 393 g/mol. The minimum atomic E-state index is -4.30. The van der Waals surface area contributed by atoms with E-state index < -0.39 is 18.1 Å². The highest BCUT2D eigenvalue weighted by Crippen LogP contribution is 2.48. The van der Waals surface area contributed by atoms with Gasteiger partial charge in [-0.1, -0.05) is 12.1 Å². The lowest BCUT2D eigenvalue weighted by Gasteiger charge is -2.34.